The Hall–Kier alpha value is -10.7. The highest BCUT2D eigenvalue weighted by molar-refractivity contribution is 6.32. The lowest BCUT2D eigenvalue weighted by molar-refractivity contribution is -0.127. The number of benzene rings is 10. The summed E-state index contributed by atoms with van der Waals surface area (Å²) >= 11 is 0. The molecular weight excluding hydrogens is 1110 g/mol. The number of carbonyl (C=O) groups excluding carboxylic acids is 2. The summed E-state index contributed by atoms with van der Waals surface area (Å²) in [5, 5.41) is 1.85. The molecule has 8 heteroatoms. The lowest BCUT2D eigenvalue weighted by atomic mass is 9.85. The van der Waals surface area contributed by atoms with Crippen molar-refractivity contribution in [1.29, 1.82) is 0 Å². The number of amides is 2. The number of nitrogens with zero attached hydrogens (tertiary/aromatic N) is 6. The van der Waals surface area contributed by atoms with Crippen LogP contribution in [0.3, 0.4) is 0 Å². The predicted molar refractivity (Wildman–Crippen MR) is 372 cm³/mol. The first-order valence-electron chi connectivity index (χ1n) is 32.0. The third-order valence-corrected chi connectivity index (χ3v) is 20.4. The van der Waals surface area contributed by atoms with Crippen LogP contribution in [-0.2, 0) is 54.0 Å². The van der Waals surface area contributed by atoms with Crippen LogP contribution in [-0.4, -0.2) is 30.7 Å². The van der Waals surface area contributed by atoms with Gasteiger partial charge in [0.1, 0.15) is 0 Å². The van der Waals surface area contributed by atoms with Gasteiger partial charge in [0.25, 0.3) is 11.8 Å². The minimum Gasteiger partial charge on any atom is -0.350 e. The Balaban J connectivity index is 0.971. The highest BCUT2D eigenvalue weighted by Crippen LogP contribution is 2.62. The molecule has 4 heterocycles. The summed E-state index contributed by atoms with van der Waals surface area (Å²) in [6.07, 6.45) is 7.14. The Labute approximate surface area is 532 Å². The van der Waals surface area contributed by atoms with Gasteiger partial charge in [-0.3, -0.25) is 19.4 Å². The zero-order chi connectivity index (χ0) is 62.2. The molecule has 2 amide bonds. The van der Waals surface area contributed by atoms with Gasteiger partial charge >= 0.3 is 0 Å². The molecule has 2 aromatic heterocycles. The zero-order valence-electron chi connectivity index (χ0n) is 52.7. The van der Waals surface area contributed by atoms with Crippen LogP contribution in [0.25, 0.3) is 55.5 Å². The van der Waals surface area contributed by atoms with Crippen molar-refractivity contribution in [2.75, 3.05) is 9.80 Å². The fraction of sp³-hybridized carbons (Fsp3) is 0.157. The monoisotopic (exact) mass is 1180 g/mol. The van der Waals surface area contributed by atoms with Crippen molar-refractivity contribution in [3.63, 3.8) is 0 Å². The second-order valence-corrected chi connectivity index (χ2v) is 25.3. The SMILES string of the molecule is CCc1ccc(N(c2ccc(C)cc2)c2ccc3c(C4=C5C(=O)N(C6(C)c7ccccc7-c7ccccc76)C(c6cn(C)c7cc(N(c8ccc(CC)cc8)c8ccc(CC)cc8)ccc67)=C5C(=O)N4C4(C)c5ccccc5-c5ccccc54)cn(C)c3c2)cc1. The van der Waals surface area contributed by atoms with E-state index in [9.17, 15) is 0 Å². The Morgan fingerprint density at radius 3 is 0.945 bits per heavy atom. The summed E-state index contributed by atoms with van der Waals surface area (Å²) < 4.78 is 4.34. The van der Waals surface area contributed by atoms with Gasteiger partial charge in [0.2, 0.25) is 0 Å². The minimum atomic E-state index is -1.06. The second-order valence-electron chi connectivity index (χ2n) is 25.3. The van der Waals surface area contributed by atoms with E-state index >= 15 is 9.59 Å². The molecule has 10 aromatic carbocycles. The molecule has 0 radical (unpaired) electrons. The van der Waals surface area contributed by atoms with Crippen molar-refractivity contribution in [2.45, 2.75) is 71.9 Å². The Morgan fingerprint density at radius 1 is 0.352 bits per heavy atom. The first-order chi connectivity index (χ1) is 44.3. The molecule has 91 heavy (non-hydrogen) atoms. The molecule has 0 atom stereocenters. The average Bonchev–Trinajstić information content (AvgIpc) is 1.50. The first kappa shape index (κ1) is 55.6. The van der Waals surface area contributed by atoms with Crippen molar-refractivity contribution < 1.29 is 9.59 Å². The first-order valence-corrected chi connectivity index (χ1v) is 32.0. The van der Waals surface area contributed by atoms with E-state index < -0.39 is 11.1 Å². The summed E-state index contributed by atoms with van der Waals surface area (Å²) in [5.74, 6) is -0.456. The second kappa shape index (κ2) is 21.0. The van der Waals surface area contributed by atoms with E-state index in [2.05, 4.69) is 317 Å². The topological polar surface area (TPSA) is 57.0 Å². The molecule has 444 valence electrons. The molecule has 4 aliphatic rings. The summed E-state index contributed by atoms with van der Waals surface area (Å²) in [6, 6.07) is 82.5. The zero-order valence-corrected chi connectivity index (χ0v) is 52.7. The highest BCUT2D eigenvalue weighted by Gasteiger charge is 2.61. The molecule has 0 spiro atoms. The summed E-state index contributed by atoms with van der Waals surface area (Å²) in [4.78, 5) is 43.6. The van der Waals surface area contributed by atoms with Crippen molar-refractivity contribution in [3.8, 4) is 22.3 Å². The van der Waals surface area contributed by atoms with Gasteiger partial charge in [-0.2, -0.15) is 0 Å². The normalized spacial score (nSPS) is 15.0. The van der Waals surface area contributed by atoms with Crippen LogP contribution < -0.4 is 9.80 Å². The Morgan fingerprint density at radius 2 is 0.637 bits per heavy atom. The molecule has 16 rings (SSSR count). The van der Waals surface area contributed by atoms with Gasteiger partial charge in [0.05, 0.1) is 44.7 Å². The molecule has 0 saturated heterocycles. The molecule has 0 N–H and O–H groups in total. The van der Waals surface area contributed by atoms with E-state index in [1.807, 2.05) is 9.80 Å². The smallest absolute Gasteiger partial charge is 0.262 e. The van der Waals surface area contributed by atoms with Gasteiger partial charge in [0.15, 0.2) is 0 Å². The van der Waals surface area contributed by atoms with Gasteiger partial charge in [-0.25, -0.2) is 0 Å². The maximum atomic E-state index is 17.4. The summed E-state index contributed by atoms with van der Waals surface area (Å²) in [7, 11) is 4.17. The van der Waals surface area contributed by atoms with Crippen LogP contribution in [0.4, 0.5) is 34.1 Å². The van der Waals surface area contributed by atoms with E-state index in [1.54, 1.807) is 0 Å². The van der Waals surface area contributed by atoms with Crippen LogP contribution in [0.2, 0.25) is 0 Å². The lowest BCUT2D eigenvalue weighted by Gasteiger charge is -2.42. The molecule has 0 saturated carbocycles. The fourth-order valence-corrected chi connectivity index (χ4v) is 15.6. The quantitative estimate of drug-likeness (QED) is 0.115. The standard InChI is InChI=1S/C83H70N6O2/c1-9-53-30-38-57(39-31-53)86(56-36-28-52(4)29-37-56)60-44-46-66-68(50-84(7)74(66)48-60)78-76-77(81(91)88(78)82(5)70-24-16-12-20-62(70)63-21-13-17-25-71(63)82)79(89(80(76)90)83(6)72-26-18-14-22-64(72)65-23-15-19-27-73(65)83)69-51-85(8)75-49-61(45-47-67(69)75)87(58-40-32-54(10-2)33-41-58)59-42-34-55(11-3)35-43-59/h12-51H,9-11H2,1-8H3. The van der Waals surface area contributed by atoms with E-state index in [0.717, 1.165) is 131 Å². The highest BCUT2D eigenvalue weighted by atomic mass is 16.2. The van der Waals surface area contributed by atoms with E-state index in [-0.39, 0.29) is 11.8 Å². The van der Waals surface area contributed by atoms with Crippen LogP contribution in [0.1, 0.15) is 90.3 Å². The molecule has 2 aliphatic heterocycles. The number of hydrogen-bond acceptors (Lipinski definition) is 4. The van der Waals surface area contributed by atoms with Crippen LogP contribution in [0.5, 0.6) is 0 Å². The number of rotatable bonds is 13. The molecule has 0 fully saturated rings. The number of aromatic nitrogens is 2. The van der Waals surface area contributed by atoms with Crippen molar-refractivity contribution in [1.82, 2.24) is 18.9 Å². The minimum absolute atomic E-state index is 0.228. The van der Waals surface area contributed by atoms with Gasteiger partial charge in [-0.05, 0) is 174 Å². The Bertz CT molecular complexity index is 4920. The third-order valence-electron chi connectivity index (χ3n) is 20.4. The molecule has 8 nitrogen and oxygen atoms in total. The van der Waals surface area contributed by atoms with E-state index in [4.69, 9.17) is 0 Å². The lowest BCUT2D eigenvalue weighted by Crippen LogP contribution is -2.46. The summed E-state index contributed by atoms with van der Waals surface area (Å²) in [5.41, 5.74) is 22.8. The summed E-state index contributed by atoms with van der Waals surface area (Å²) in [6.45, 7) is 13.1. The largest absolute Gasteiger partial charge is 0.350 e. The predicted octanol–water partition coefficient (Wildman–Crippen LogP) is 19.3. The molecule has 0 unspecified atom stereocenters. The van der Waals surface area contributed by atoms with Gasteiger partial charge in [-0.15, -0.1) is 0 Å². The van der Waals surface area contributed by atoms with Crippen molar-refractivity contribution in [3.05, 3.63) is 310 Å². The number of anilines is 6. The third kappa shape index (κ3) is 8.14. The Kier molecular flexibility index (Phi) is 12.8. The van der Waals surface area contributed by atoms with Crippen LogP contribution in [0.15, 0.2) is 254 Å². The van der Waals surface area contributed by atoms with Crippen LogP contribution in [0, 0.1) is 6.92 Å². The number of fused-ring (bicyclic) bond motifs is 9. The van der Waals surface area contributed by atoms with E-state index in [1.165, 1.54) is 22.3 Å². The molecule has 12 aromatic rings. The number of aryl methyl sites for hydroxylation is 6. The maximum Gasteiger partial charge on any atom is 0.262 e. The molecule has 0 bridgehead atoms. The van der Waals surface area contributed by atoms with Crippen molar-refractivity contribution >= 4 is 79.1 Å². The van der Waals surface area contributed by atoms with Gasteiger partial charge in [-0.1, -0.05) is 184 Å². The molecular formula is C83H70N6O2. The van der Waals surface area contributed by atoms with Gasteiger partial charge in [0, 0.05) is 82.5 Å². The fourth-order valence-electron chi connectivity index (χ4n) is 15.6. The number of carbonyl (C=O) groups is 2. The molecule has 2 aliphatic carbocycles. The average molecular weight is 1180 g/mol. The number of hydrogen-bond donors (Lipinski definition) is 0. The van der Waals surface area contributed by atoms with E-state index in [0.29, 0.717) is 22.5 Å². The van der Waals surface area contributed by atoms with Crippen molar-refractivity contribution in [2.24, 2.45) is 14.1 Å². The van der Waals surface area contributed by atoms with Crippen LogP contribution >= 0.6 is 0 Å². The maximum absolute atomic E-state index is 17.4. The van der Waals surface area contributed by atoms with Gasteiger partial charge < -0.3 is 18.9 Å².